The Hall–Kier alpha value is 0.750. The summed E-state index contributed by atoms with van der Waals surface area (Å²) in [7, 11) is -11.7. The Morgan fingerprint density at radius 1 is 0.636 bits per heavy atom. The van der Waals surface area contributed by atoms with E-state index < -0.39 is 29.1 Å². The zero-order valence-electron chi connectivity index (χ0n) is 12.9. The fraction of sp³-hybridized carbons (Fsp3) is 1.00. The van der Waals surface area contributed by atoms with Crippen LogP contribution in [0, 0.1) is 0 Å². The third kappa shape index (κ3) is 14400. The molecule has 0 amide bonds. The second kappa shape index (κ2) is 19.8. The summed E-state index contributed by atoms with van der Waals surface area (Å²) in [5, 5.41) is 0. The van der Waals surface area contributed by atoms with Gasteiger partial charge in [0.1, 0.15) is 0 Å². The molecule has 0 aromatic heterocycles. The van der Waals surface area contributed by atoms with Crippen LogP contribution in [0.25, 0.3) is 0 Å². The summed E-state index contributed by atoms with van der Waals surface area (Å²) in [6, 6.07) is 0. The van der Waals surface area contributed by atoms with E-state index in [9.17, 15) is 0 Å². The zero-order chi connectivity index (χ0) is 19.7. The van der Waals surface area contributed by atoms with Crippen LogP contribution in [-0.2, 0) is 25.4 Å². The molecule has 0 saturated carbocycles. The van der Waals surface area contributed by atoms with Crippen LogP contribution < -0.4 is 0 Å². The minimum absolute atomic E-state index is 0.380. The van der Waals surface area contributed by atoms with Gasteiger partial charge in [0, 0.05) is 0 Å². The van der Waals surface area contributed by atoms with Gasteiger partial charge in [-0.25, -0.2) is 0 Å². The summed E-state index contributed by atoms with van der Waals surface area (Å²) in [5.74, 6) is 0. The second-order valence-corrected chi connectivity index (χ2v) is 11.6. The average Bonchev–Trinajstić information content (AvgIpc) is 1.88. The van der Waals surface area contributed by atoms with Gasteiger partial charge in [0.25, 0.3) is 0 Å². The fourth-order valence-corrected chi connectivity index (χ4v) is 0. The van der Waals surface area contributed by atoms with Crippen molar-refractivity contribution in [1.29, 1.82) is 0 Å². The summed E-state index contributed by atoms with van der Waals surface area (Å²) in [5.41, 5.74) is 0. The van der Waals surface area contributed by atoms with E-state index in [1.165, 1.54) is 0 Å². The highest BCUT2D eigenvalue weighted by Crippen LogP contribution is 2.15. The molecule has 11 nitrogen and oxygen atoms in total. The summed E-state index contributed by atoms with van der Waals surface area (Å²) in [6.45, 7) is 13.4. The van der Waals surface area contributed by atoms with E-state index in [-0.39, 0.29) is 0 Å². The predicted octanol–water partition coefficient (Wildman–Crippen LogP) is 0.771. The van der Waals surface area contributed by atoms with Crippen LogP contribution in [0.4, 0.5) is 0 Å². The van der Waals surface area contributed by atoms with Crippen molar-refractivity contribution in [1.82, 2.24) is 0 Å². The average molecular weight is 430 g/mol. The number of rotatable bonds is 0. The lowest BCUT2D eigenvalue weighted by atomic mass is 11.9. The normalized spacial score (nSPS) is 10.1. The van der Waals surface area contributed by atoms with Gasteiger partial charge in [0.2, 0.25) is 0 Å². The topological polar surface area (TPSA) is 207 Å². The maximum atomic E-state index is 8.74. The molecular weight excluding hydrogens is 405 g/mol. The van der Waals surface area contributed by atoms with E-state index in [1.54, 1.807) is 0 Å². The molecule has 0 heterocycles. The van der Waals surface area contributed by atoms with Crippen molar-refractivity contribution in [3.05, 3.63) is 0 Å². The molecule has 0 aromatic carbocycles. The SMILES string of the molecule is CP(C)C.CP(C)C.O=S(=O)(O)O.O=S(=O)(O)O.O=[PH](O)O. The van der Waals surface area contributed by atoms with E-state index >= 15 is 0 Å². The smallest absolute Gasteiger partial charge is 0.326 e. The van der Waals surface area contributed by atoms with E-state index in [4.69, 9.17) is 49.4 Å². The van der Waals surface area contributed by atoms with Crippen LogP contribution in [-0.4, -0.2) is 84.8 Å². The molecule has 0 rings (SSSR count). The van der Waals surface area contributed by atoms with Crippen molar-refractivity contribution in [3.63, 3.8) is 0 Å². The van der Waals surface area contributed by atoms with Crippen LogP contribution in [0.2, 0.25) is 0 Å². The first-order chi connectivity index (χ1) is 9.20. The molecule has 6 N–H and O–H groups in total. The molecule has 0 aliphatic heterocycles. The zero-order valence-corrected chi connectivity index (χ0v) is 17.4. The van der Waals surface area contributed by atoms with Gasteiger partial charge in [-0.15, -0.1) is 15.8 Å². The summed E-state index contributed by atoms with van der Waals surface area (Å²) in [6.07, 6.45) is 0. The van der Waals surface area contributed by atoms with Gasteiger partial charge in [-0.2, -0.15) is 16.8 Å². The first-order valence-corrected chi connectivity index (χ1v) is 14.2. The van der Waals surface area contributed by atoms with Gasteiger partial charge in [-0.05, 0) is 40.0 Å². The molecule has 0 radical (unpaired) electrons. The van der Waals surface area contributed by atoms with Crippen molar-refractivity contribution in [3.8, 4) is 0 Å². The molecule has 22 heavy (non-hydrogen) atoms. The highest BCUT2D eigenvalue weighted by Gasteiger charge is 1.85. The lowest BCUT2D eigenvalue weighted by Gasteiger charge is -1.81. The van der Waals surface area contributed by atoms with E-state index in [0.29, 0.717) is 15.8 Å². The molecule has 142 valence electrons. The van der Waals surface area contributed by atoms with Crippen molar-refractivity contribution >= 4 is 44.9 Å². The van der Waals surface area contributed by atoms with Crippen LogP contribution in [0.5, 0.6) is 0 Å². The van der Waals surface area contributed by atoms with Gasteiger partial charge in [0.15, 0.2) is 0 Å². The van der Waals surface area contributed by atoms with Gasteiger partial charge in [-0.1, -0.05) is 0 Å². The molecule has 0 aliphatic carbocycles. The van der Waals surface area contributed by atoms with Crippen LogP contribution in [0.15, 0.2) is 0 Å². The van der Waals surface area contributed by atoms with Gasteiger partial charge >= 0.3 is 29.1 Å². The lowest BCUT2D eigenvalue weighted by Crippen LogP contribution is -1.89. The van der Waals surface area contributed by atoms with Crippen molar-refractivity contribution in [2.75, 3.05) is 40.0 Å². The van der Waals surface area contributed by atoms with Crippen LogP contribution >= 0.6 is 24.1 Å². The molecule has 0 saturated heterocycles. The van der Waals surface area contributed by atoms with Gasteiger partial charge in [0.05, 0.1) is 0 Å². The maximum absolute atomic E-state index is 8.74. The Morgan fingerprint density at radius 2 is 0.636 bits per heavy atom. The molecule has 0 atom stereocenters. The molecule has 0 unspecified atom stereocenters. The summed E-state index contributed by atoms with van der Waals surface area (Å²) in [4.78, 5) is 14.3. The Morgan fingerprint density at radius 3 is 0.636 bits per heavy atom. The lowest BCUT2D eigenvalue weighted by molar-refractivity contribution is 0.378. The van der Waals surface area contributed by atoms with E-state index in [1.807, 2.05) is 0 Å². The molecule has 0 fully saturated rings. The van der Waals surface area contributed by atoms with E-state index in [0.717, 1.165) is 0 Å². The monoisotopic (exact) mass is 430 g/mol. The minimum atomic E-state index is -4.67. The third-order valence-corrected chi connectivity index (χ3v) is 0. The quantitative estimate of drug-likeness (QED) is 0.234. The van der Waals surface area contributed by atoms with Crippen molar-refractivity contribution in [2.45, 2.75) is 0 Å². The highest BCUT2D eigenvalue weighted by atomic mass is 32.3. The molecule has 16 heteroatoms. The Bertz CT molecular complexity index is 369. The summed E-state index contributed by atoms with van der Waals surface area (Å²) >= 11 is 0. The highest BCUT2D eigenvalue weighted by molar-refractivity contribution is 7.80. The first-order valence-electron chi connectivity index (χ1n) is 4.73. The third-order valence-electron chi connectivity index (χ3n) is 0. The second-order valence-electron chi connectivity index (χ2n) is 3.86. The summed E-state index contributed by atoms with van der Waals surface area (Å²) < 4.78 is 71.9. The van der Waals surface area contributed by atoms with Gasteiger partial charge < -0.3 is 9.79 Å². The minimum Gasteiger partial charge on any atom is -0.326 e. The van der Waals surface area contributed by atoms with Crippen LogP contribution in [0.1, 0.15) is 0 Å². The molecule has 0 spiro atoms. The Kier molecular flexibility index (Phi) is 30.7. The standard InChI is InChI=1S/2C3H9P.2H2O4S.H3O3P/c2*1-4(2)3;2*1-5(2,3)4;1-4(2)3/h2*1-3H3;2*(H2,1,2,3,4);4H,(H2,1,2,3). The molecule has 0 bridgehead atoms. The predicted molar refractivity (Wildman–Crippen MR) is 91.2 cm³/mol. The maximum Gasteiger partial charge on any atom is 0.394 e. The largest absolute Gasteiger partial charge is 0.394 e. The fourth-order valence-electron chi connectivity index (χ4n) is 0. The van der Waals surface area contributed by atoms with Crippen molar-refractivity contribution in [2.24, 2.45) is 0 Å². The molecule has 0 aromatic rings. The molecule has 0 aliphatic rings. The Labute approximate surface area is 134 Å². The van der Waals surface area contributed by atoms with Crippen LogP contribution in [0.3, 0.4) is 0 Å². The first kappa shape index (κ1) is 34.2. The van der Waals surface area contributed by atoms with Crippen molar-refractivity contribution < 1.29 is 49.4 Å². The van der Waals surface area contributed by atoms with E-state index in [2.05, 4.69) is 40.0 Å². The van der Waals surface area contributed by atoms with Gasteiger partial charge in [-0.3, -0.25) is 22.8 Å². The Balaban J connectivity index is -0.0000000550. The molecular formula is C6H25O11P3S2. The number of hydrogen-bond donors (Lipinski definition) is 6. The number of hydrogen-bond acceptors (Lipinski definition) is 5.